The third kappa shape index (κ3) is 4.12. The molecule has 0 aromatic heterocycles. The van der Waals surface area contributed by atoms with Crippen molar-refractivity contribution in [2.45, 2.75) is 25.2 Å². The highest BCUT2D eigenvalue weighted by Gasteiger charge is 2.32. The smallest absolute Gasteiger partial charge is 0.166 e. The number of likely N-dealkylation sites (tertiary alicyclic amines) is 1. The second-order valence-corrected chi connectivity index (χ2v) is 7.36. The highest BCUT2D eigenvalue weighted by molar-refractivity contribution is 6.01. The topological polar surface area (TPSA) is 37.4 Å². The Labute approximate surface area is 165 Å². The molecule has 5 heteroatoms. The van der Waals surface area contributed by atoms with Crippen LogP contribution in [0.5, 0.6) is 0 Å². The zero-order valence-corrected chi connectivity index (χ0v) is 15.9. The van der Waals surface area contributed by atoms with Gasteiger partial charge in [0.25, 0.3) is 0 Å². The number of benzene rings is 2. The van der Waals surface area contributed by atoms with E-state index < -0.39 is 0 Å². The number of carbonyl (C=O) groups excluding carboxylic acids is 2. The van der Waals surface area contributed by atoms with E-state index in [-0.39, 0.29) is 41.6 Å². The summed E-state index contributed by atoms with van der Waals surface area (Å²) in [5.74, 6) is 0.318. The van der Waals surface area contributed by atoms with Gasteiger partial charge in [0, 0.05) is 35.9 Å². The molecule has 2 aromatic rings. The Hall–Kier alpha value is -2.04. The third-order valence-electron chi connectivity index (χ3n) is 5.70. The van der Waals surface area contributed by atoms with E-state index in [9.17, 15) is 14.0 Å². The van der Waals surface area contributed by atoms with Gasteiger partial charge in [0.05, 0.1) is 0 Å². The van der Waals surface area contributed by atoms with Gasteiger partial charge in [-0.2, -0.15) is 0 Å². The summed E-state index contributed by atoms with van der Waals surface area (Å²) < 4.78 is 13.0. The normalized spacial score (nSPS) is 20.2. The second-order valence-electron chi connectivity index (χ2n) is 7.36. The van der Waals surface area contributed by atoms with Gasteiger partial charge in [-0.1, -0.05) is 24.3 Å². The SMILES string of the molecule is Cl.O=C1CC(CN2CCC(C(=O)c3ccc(F)cc3)CC2)c2ccccc21. The zero-order valence-electron chi connectivity index (χ0n) is 15.1. The molecule has 1 heterocycles. The molecule has 0 bridgehead atoms. The highest BCUT2D eigenvalue weighted by Crippen LogP contribution is 2.34. The fraction of sp³-hybridized carbons (Fsp3) is 0.364. The summed E-state index contributed by atoms with van der Waals surface area (Å²) in [6, 6.07) is 13.7. The molecule has 2 aliphatic rings. The van der Waals surface area contributed by atoms with Crippen molar-refractivity contribution in [2.24, 2.45) is 5.92 Å². The standard InChI is InChI=1S/C22H22FNO2.ClH/c23-18-7-5-15(6-8-18)22(26)16-9-11-24(12-10-16)14-17-13-21(25)20-4-2-1-3-19(17)20;/h1-8,16-17H,9-14H2;1H. The number of halogens is 2. The minimum atomic E-state index is -0.317. The Kier molecular flexibility index (Phi) is 6.08. The van der Waals surface area contributed by atoms with Gasteiger partial charge in [0.1, 0.15) is 5.82 Å². The highest BCUT2D eigenvalue weighted by atomic mass is 35.5. The van der Waals surface area contributed by atoms with Crippen molar-refractivity contribution >= 4 is 24.0 Å². The number of carbonyl (C=O) groups is 2. The quantitative estimate of drug-likeness (QED) is 0.724. The maximum atomic E-state index is 13.0. The number of fused-ring (bicyclic) bond motifs is 1. The number of nitrogens with zero attached hydrogens (tertiary/aromatic N) is 1. The molecule has 142 valence electrons. The lowest BCUT2D eigenvalue weighted by molar-refractivity contribution is 0.0834. The average Bonchev–Trinajstić information content (AvgIpc) is 2.98. The van der Waals surface area contributed by atoms with Gasteiger partial charge in [0.15, 0.2) is 11.6 Å². The molecule has 0 radical (unpaired) electrons. The van der Waals surface area contributed by atoms with Gasteiger partial charge in [-0.15, -0.1) is 12.4 Å². The molecule has 0 amide bonds. The lowest BCUT2D eigenvalue weighted by Gasteiger charge is -2.33. The van der Waals surface area contributed by atoms with Crippen molar-refractivity contribution < 1.29 is 14.0 Å². The Bertz CT molecular complexity index is 828. The minimum absolute atomic E-state index is 0. The molecule has 27 heavy (non-hydrogen) atoms. The first-order chi connectivity index (χ1) is 12.6. The van der Waals surface area contributed by atoms with Crippen LogP contribution in [0.3, 0.4) is 0 Å². The van der Waals surface area contributed by atoms with Crippen LogP contribution in [0.4, 0.5) is 4.39 Å². The fourth-order valence-corrected chi connectivity index (χ4v) is 4.25. The van der Waals surface area contributed by atoms with Gasteiger partial charge >= 0.3 is 0 Å². The molecule has 4 rings (SSSR count). The predicted octanol–water partition coefficient (Wildman–Crippen LogP) is 4.51. The number of ketones is 2. The zero-order chi connectivity index (χ0) is 18.1. The van der Waals surface area contributed by atoms with Crippen molar-refractivity contribution in [1.29, 1.82) is 0 Å². The Morgan fingerprint density at radius 2 is 1.70 bits per heavy atom. The molecule has 1 aliphatic heterocycles. The number of hydrogen-bond acceptors (Lipinski definition) is 3. The Balaban J connectivity index is 0.00000210. The summed E-state index contributed by atoms with van der Waals surface area (Å²) in [7, 11) is 0. The minimum Gasteiger partial charge on any atom is -0.303 e. The van der Waals surface area contributed by atoms with Crippen LogP contribution in [0.25, 0.3) is 0 Å². The molecule has 1 saturated heterocycles. The van der Waals surface area contributed by atoms with E-state index in [1.165, 1.54) is 17.7 Å². The third-order valence-corrected chi connectivity index (χ3v) is 5.70. The van der Waals surface area contributed by atoms with Crippen LogP contribution in [-0.2, 0) is 0 Å². The maximum absolute atomic E-state index is 13.0. The first-order valence-corrected chi connectivity index (χ1v) is 9.26. The summed E-state index contributed by atoms with van der Waals surface area (Å²) in [6.07, 6.45) is 2.23. The van der Waals surface area contributed by atoms with Crippen molar-refractivity contribution in [1.82, 2.24) is 4.90 Å². The van der Waals surface area contributed by atoms with Crippen LogP contribution >= 0.6 is 12.4 Å². The van der Waals surface area contributed by atoms with Crippen LogP contribution in [0, 0.1) is 11.7 Å². The molecule has 1 aliphatic carbocycles. The van der Waals surface area contributed by atoms with Crippen LogP contribution < -0.4 is 0 Å². The number of rotatable bonds is 4. The van der Waals surface area contributed by atoms with E-state index in [0.29, 0.717) is 12.0 Å². The van der Waals surface area contributed by atoms with Gasteiger partial charge in [-0.25, -0.2) is 4.39 Å². The summed E-state index contributed by atoms with van der Waals surface area (Å²) in [5.41, 5.74) is 2.64. The van der Waals surface area contributed by atoms with Crippen LogP contribution in [0.1, 0.15) is 51.5 Å². The fourth-order valence-electron chi connectivity index (χ4n) is 4.25. The maximum Gasteiger partial charge on any atom is 0.166 e. The lowest BCUT2D eigenvalue weighted by Crippen LogP contribution is -2.38. The van der Waals surface area contributed by atoms with E-state index in [4.69, 9.17) is 0 Å². The average molecular weight is 388 g/mol. The first-order valence-electron chi connectivity index (χ1n) is 9.26. The molecule has 0 N–H and O–H groups in total. The van der Waals surface area contributed by atoms with Gasteiger partial charge in [-0.3, -0.25) is 9.59 Å². The van der Waals surface area contributed by atoms with Gasteiger partial charge in [-0.05, 0) is 55.8 Å². The lowest BCUT2D eigenvalue weighted by atomic mass is 9.88. The molecule has 3 nitrogen and oxygen atoms in total. The van der Waals surface area contributed by atoms with Crippen molar-refractivity contribution in [2.75, 3.05) is 19.6 Å². The van der Waals surface area contributed by atoms with Crippen molar-refractivity contribution in [3.63, 3.8) is 0 Å². The summed E-state index contributed by atoms with van der Waals surface area (Å²) >= 11 is 0. The molecule has 1 atom stereocenters. The van der Waals surface area contributed by atoms with E-state index in [1.807, 2.05) is 18.2 Å². The summed E-state index contributed by atoms with van der Waals surface area (Å²) in [5, 5.41) is 0. The van der Waals surface area contributed by atoms with Crippen LogP contribution in [0.2, 0.25) is 0 Å². The van der Waals surface area contributed by atoms with Crippen molar-refractivity contribution in [3.05, 3.63) is 71.0 Å². The summed E-state index contributed by atoms with van der Waals surface area (Å²) in [6.45, 7) is 2.61. The summed E-state index contributed by atoms with van der Waals surface area (Å²) in [4.78, 5) is 27.1. The number of Topliss-reactive ketones (excluding diaryl/α,β-unsaturated/α-hetero) is 2. The largest absolute Gasteiger partial charge is 0.303 e. The second kappa shape index (κ2) is 8.32. The molecule has 0 saturated carbocycles. The molecule has 0 spiro atoms. The van der Waals surface area contributed by atoms with E-state index >= 15 is 0 Å². The molecule has 2 aromatic carbocycles. The number of piperidine rings is 1. The van der Waals surface area contributed by atoms with E-state index in [0.717, 1.165) is 38.0 Å². The molecule has 1 fully saturated rings. The monoisotopic (exact) mass is 387 g/mol. The van der Waals surface area contributed by atoms with E-state index in [1.54, 1.807) is 12.1 Å². The van der Waals surface area contributed by atoms with Crippen LogP contribution in [-0.4, -0.2) is 36.1 Å². The van der Waals surface area contributed by atoms with Gasteiger partial charge < -0.3 is 4.90 Å². The van der Waals surface area contributed by atoms with Crippen LogP contribution in [0.15, 0.2) is 48.5 Å². The number of hydrogen-bond donors (Lipinski definition) is 0. The van der Waals surface area contributed by atoms with Gasteiger partial charge in [0.2, 0.25) is 0 Å². The Morgan fingerprint density at radius 1 is 1.04 bits per heavy atom. The molecular weight excluding hydrogens is 365 g/mol. The predicted molar refractivity (Wildman–Crippen MR) is 105 cm³/mol. The Morgan fingerprint density at radius 3 is 2.41 bits per heavy atom. The van der Waals surface area contributed by atoms with Crippen molar-refractivity contribution in [3.8, 4) is 0 Å². The van der Waals surface area contributed by atoms with E-state index in [2.05, 4.69) is 11.0 Å². The molecular formula is C22H23ClFNO2. The first kappa shape index (κ1) is 19.7. The molecule has 1 unspecified atom stereocenters.